The second-order valence-electron chi connectivity index (χ2n) is 14.2. The summed E-state index contributed by atoms with van der Waals surface area (Å²) in [5, 5.41) is 9.59. The van der Waals surface area contributed by atoms with Crippen molar-refractivity contribution in [1.82, 2.24) is 15.2 Å². The Morgan fingerprint density at radius 3 is 2.26 bits per heavy atom. The van der Waals surface area contributed by atoms with Crippen molar-refractivity contribution in [2.45, 2.75) is 61.3 Å². The number of ether oxygens (including phenoxy) is 2. The van der Waals surface area contributed by atoms with E-state index in [9.17, 15) is 32.4 Å². The third kappa shape index (κ3) is 9.72. The van der Waals surface area contributed by atoms with Crippen LogP contribution >= 0.6 is 23.1 Å². The van der Waals surface area contributed by atoms with Crippen LogP contribution in [-0.4, -0.2) is 95.7 Å². The van der Waals surface area contributed by atoms with Crippen molar-refractivity contribution in [3.8, 4) is 0 Å². The van der Waals surface area contributed by atoms with Crippen LogP contribution in [0.2, 0.25) is 0 Å². The van der Waals surface area contributed by atoms with E-state index in [-0.39, 0.29) is 21.5 Å². The first-order valence-corrected chi connectivity index (χ1v) is 21.1. The lowest BCUT2D eigenvalue weighted by Crippen LogP contribution is -2.76. The molecule has 2 saturated heterocycles. The molecule has 3 aromatic carbocycles. The van der Waals surface area contributed by atoms with Crippen molar-refractivity contribution in [2.75, 3.05) is 24.2 Å². The lowest BCUT2D eigenvalue weighted by atomic mass is 9.98. The zero-order valence-corrected chi connectivity index (χ0v) is 34.1. The van der Waals surface area contributed by atoms with Crippen molar-refractivity contribution in [3.05, 3.63) is 113 Å². The Morgan fingerprint density at radius 2 is 1.66 bits per heavy atom. The summed E-state index contributed by atoms with van der Waals surface area (Å²) in [7, 11) is -4.60. The highest BCUT2D eigenvalue weighted by atomic mass is 32.2. The maximum absolute atomic E-state index is 14.5. The third-order valence-corrected chi connectivity index (χ3v) is 12.3. The van der Waals surface area contributed by atoms with E-state index in [0.717, 1.165) is 28.7 Å². The molecule has 2 aliphatic rings. The van der Waals surface area contributed by atoms with E-state index in [4.69, 9.17) is 18.5 Å². The topological polar surface area (TPSA) is 209 Å². The first kappa shape index (κ1) is 42.0. The highest BCUT2D eigenvalue weighted by Gasteiger charge is 2.60. The molecule has 3 atom stereocenters. The number of nitrogens with one attached hydrogen (secondary N) is 2. The molecule has 0 aliphatic carbocycles. The molecule has 0 spiro atoms. The van der Waals surface area contributed by atoms with Crippen LogP contribution in [-0.2, 0) is 52.6 Å². The number of thioether (sulfide) groups is 1. The number of aryl methyl sites for hydroxylation is 1. The van der Waals surface area contributed by atoms with E-state index >= 15 is 0 Å². The number of hydrogen-bond acceptors (Lipinski definition) is 15. The molecule has 2 fully saturated rings. The van der Waals surface area contributed by atoms with Gasteiger partial charge >= 0.3 is 11.9 Å². The average molecular weight is 850 g/mol. The van der Waals surface area contributed by atoms with Gasteiger partial charge in [-0.3, -0.25) is 14.4 Å². The molecule has 6 rings (SSSR count). The minimum absolute atomic E-state index is 0.0289. The molecule has 3 amide bonds. The Hall–Kier alpha value is -5.63. The van der Waals surface area contributed by atoms with Gasteiger partial charge in [-0.15, -0.1) is 23.1 Å². The standard InChI is InChI=1S/C39H39N5O11S3/c1-24-15-17-27(18-16-24)58(50,51)55-39(36(49)53-32(25-11-7-5-8-12-25)26-13-9-6-10-14-26)21-44-34(48)31(35(44)57-22-39)42-33(47)30(28-20-56-37(41-28)40-23-45)43-52-19-29(46)54-38(2,3)4/h5-18,20,23,31-32,35H,19,21-22H2,1-4H3,(H,42,47)(H,40,41,45)/t31?,35-,39?/m1/s1. The Morgan fingerprint density at radius 1 is 1.02 bits per heavy atom. The van der Waals surface area contributed by atoms with Gasteiger partial charge in [-0.25, -0.2) is 18.8 Å². The van der Waals surface area contributed by atoms with Crippen LogP contribution in [0, 0.1) is 6.92 Å². The number of benzene rings is 3. The minimum atomic E-state index is -4.60. The maximum Gasteiger partial charge on any atom is 0.347 e. The molecule has 16 nitrogen and oxygen atoms in total. The van der Waals surface area contributed by atoms with Crippen LogP contribution in [0.1, 0.15) is 49.3 Å². The van der Waals surface area contributed by atoms with Gasteiger partial charge in [0.25, 0.3) is 16.0 Å². The largest absolute Gasteiger partial charge is 0.457 e. The Labute approximate surface area is 342 Å². The van der Waals surface area contributed by atoms with E-state index < -0.39 is 81.5 Å². The van der Waals surface area contributed by atoms with E-state index in [1.54, 1.807) is 100 Å². The average Bonchev–Trinajstić information content (AvgIpc) is 3.65. The summed E-state index contributed by atoms with van der Waals surface area (Å²) in [6, 6.07) is 22.5. The number of rotatable bonds is 15. The molecule has 0 bridgehead atoms. The van der Waals surface area contributed by atoms with Gasteiger partial charge in [0.1, 0.15) is 22.7 Å². The molecule has 19 heteroatoms. The SMILES string of the molecule is Cc1ccc(S(=O)(=O)OC2(C(=O)OC(c3ccccc3)c3ccccc3)CS[C@@H]3C(NC(=O)C(=NOCC(=O)OC(C)(C)C)c4csc(NC=O)n4)C(=O)N3C2)cc1. The van der Waals surface area contributed by atoms with E-state index in [1.807, 2.05) is 0 Å². The highest BCUT2D eigenvalue weighted by molar-refractivity contribution is 8.00. The zero-order valence-electron chi connectivity index (χ0n) is 31.6. The van der Waals surface area contributed by atoms with Gasteiger partial charge in [0.05, 0.1) is 11.4 Å². The predicted molar refractivity (Wildman–Crippen MR) is 213 cm³/mol. The summed E-state index contributed by atoms with van der Waals surface area (Å²) in [6.45, 7) is 5.62. The number of amides is 3. The van der Waals surface area contributed by atoms with Gasteiger partial charge in [0.15, 0.2) is 16.9 Å². The molecule has 58 heavy (non-hydrogen) atoms. The number of oxime groups is 1. The normalized spacial score (nSPS) is 19.4. The molecule has 0 radical (unpaired) electrons. The maximum atomic E-state index is 14.5. The van der Waals surface area contributed by atoms with E-state index in [0.29, 0.717) is 17.5 Å². The van der Waals surface area contributed by atoms with Gasteiger partial charge in [-0.2, -0.15) is 8.42 Å². The number of nitrogens with zero attached hydrogens (tertiary/aromatic N) is 3. The zero-order chi connectivity index (χ0) is 41.7. The van der Waals surface area contributed by atoms with Crippen LogP contribution < -0.4 is 10.6 Å². The van der Waals surface area contributed by atoms with Crippen LogP contribution in [0.25, 0.3) is 0 Å². The lowest BCUT2D eigenvalue weighted by Gasteiger charge is -2.53. The van der Waals surface area contributed by atoms with Crippen LogP contribution in [0.3, 0.4) is 0 Å². The third-order valence-electron chi connectivity index (χ3n) is 8.62. The molecular weight excluding hydrogens is 811 g/mol. The number of carbonyl (C=O) groups excluding carboxylic acids is 5. The van der Waals surface area contributed by atoms with Gasteiger partial charge in [-0.1, -0.05) is 83.5 Å². The van der Waals surface area contributed by atoms with Crippen molar-refractivity contribution in [2.24, 2.45) is 5.16 Å². The number of carbonyl (C=O) groups is 5. The predicted octanol–water partition coefficient (Wildman–Crippen LogP) is 3.96. The smallest absolute Gasteiger partial charge is 0.347 e. The van der Waals surface area contributed by atoms with Gasteiger partial charge in [0, 0.05) is 11.1 Å². The summed E-state index contributed by atoms with van der Waals surface area (Å²) in [5.74, 6) is -3.63. The van der Waals surface area contributed by atoms with Crippen LogP contribution in [0.4, 0.5) is 5.13 Å². The quantitative estimate of drug-likeness (QED) is 0.0434. The van der Waals surface area contributed by atoms with Crippen molar-refractivity contribution in [3.63, 3.8) is 0 Å². The first-order chi connectivity index (χ1) is 27.6. The highest BCUT2D eigenvalue weighted by Crippen LogP contribution is 2.43. The van der Waals surface area contributed by atoms with Gasteiger partial charge in [-0.05, 0) is 51.0 Å². The summed E-state index contributed by atoms with van der Waals surface area (Å²) in [6.07, 6.45) is -0.558. The number of aromatic nitrogens is 1. The molecule has 0 saturated carbocycles. The molecule has 4 aromatic rings. The second-order valence-corrected chi connectivity index (χ2v) is 17.7. The number of thiazole rings is 1. The van der Waals surface area contributed by atoms with Gasteiger partial charge in [0.2, 0.25) is 24.5 Å². The fourth-order valence-corrected chi connectivity index (χ4v) is 9.29. The molecule has 304 valence electrons. The molecule has 2 N–H and O–H groups in total. The van der Waals surface area contributed by atoms with E-state index in [1.165, 1.54) is 22.4 Å². The van der Waals surface area contributed by atoms with Crippen molar-refractivity contribution < 1.29 is 50.9 Å². The molecule has 2 unspecified atom stereocenters. The minimum Gasteiger partial charge on any atom is -0.457 e. The number of anilines is 1. The summed E-state index contributed by atoms with van der Waals surface area (Å²) < 4.78 is 44.8. The molecular formula is C39H39N5O11S3. The monoisotopic (exact) mass is 849 g/mol. The number of esters is 2. The summed E-state index contributed by atoms with van der Waals surface area (Å²) >= 11 is 1.99. The first-order valence-electron chi connectivity index (χ1n) is 17.7. The van der Waals surface area contributed by atoms with Crippen molar-refractivity contribution in [1.29, 1.82) is 0 Å². The van der Waals surface area contributed by atoms with Gasteiger partial charge < -0.3 is 29.8 Å². The number of hydrogen-bond donors (Lipinski definition) is 2. The second kappa shape index (κ2) is 17.5. The van der Waals surface area contributed by atoms with Crippen molar-refractivity contribution >= 4 is 74.2 Å². The fourth-order valence-electron chi connectivity index (χ4n) is 5.96. The Balaban J connectivity index is 1.25. The number of β-lactam (4-membered cyclic amide) rings is 1. The molecule has 1 aromatic heterocycles. The van der Waals surface area contributed by atoms with Crippen LogP contribution in [0.15, 0.2) is 100 Å². The summed E-state index contributed by atoms with van der Waals surface area (Å²) in [4.78, 5) is 75.6. The fraction of sp³-hybridized carbons (Fsp3) is 0.308. The van der Waals surface area contributed by atoms with Crippen LogP contribution in [0.5, 0.6) is 0 Å². The Bertz CT molecular complexity index is 2260. The Kier molecular flexibility index (Phi) is 12.6. The molecule has 2 aliphatic heterocycles. The van der Waals surface area contributed by atoms with E-state index in [2.05, 4.69) is 20.8 Å². The number of fused-ring (bicyclic) bond motifs is 1. The molecule has 3 heterocycles. The lowest BCUT2D eigenvalue weighted by molar-refractivity contribution is -0.171. The summed E-state index contributed by atoms with van der Waals surface area (Å²) in [5.41, 5.74) is -1.43.